The molecule has 0 saturated heterocycles. The average Bonchev–Trinajstić information content (AvgIpc) is 2.76. The second kappa shape index (κ2) is 6.96. The molecule has 5 heteroatoms. The molecule has 0 fully saturated rings. The van der Waals surface area contributed by atoms with Crippen molar-refractivity contribution >= 4 is 0 Å². The molecule has 1 unspecified atom stereocenters. The van der Waals surface area contributed by atoms with Gasteiger partial charge in [0.05, 0.1) is 12.5 Å². The van der Waals surface area contributed by atoms with Crippen LogP contribution >= 0.6 is 0 Å². The lowest BCUT2D eigenvalue weighted by Crippen LogP contribution is -2.13. The topological polar surface area (TPSA) is 63.7 Å². The van der Waals surface area contributed by atoms with Crippen LogP contribution in [0, 0.1) is 11.3 Å². The third-order valence-electron chi connectivity index (χ3n) is 2.06. The van der Waals surface area contributed by atoms with Crippen LogP contribution in [0.5, 0.6) is 0 Å². The molecule has 0 N–H and O–H groups in total. The van der Waals surface area contributed by atoms with Gasteiger partial charge in [0, 0.05) is 6.61 Å². The molecule has 1 rings (SSSR count). The molecule has 0 saturated carbocycles. The Morgan fingerprint density at radius 3 is 3.00 bits per heavy atom. The first kappa shape index (κ1) is 11.7. The highest BCUT2D eigenvalue weighted by atomic mass is 16.5. The minimum absolute atomic E-state index is 0.297. The van der Waals surface area contributed by atoms with Crippen molar-refractivity contribution in [2.24, 2.45) is 0 Å². The fourth-order valence-electron chi connectivity index (χ4n) is 1.24. The van der Waals surface area contributed by atoms with Crippen LogP contribution in [0.3, 0.4) is 0 Å². The molecular weight excluding hydrogens is 192 g/mol. The Morgan fingerprint density at radius 1 is 1.53 bits per heavy atom. The molecule has 0 aromatic carbocycles. The minimum Gasteiger partial charge on any atom is -0.355 e. The molecule has 82 valence electrons. The molecule has 5 nitrogen and oxygen atoms in total. The van der Waals surface area contributed by atoms with Crippen molar-refractivity contribution in [1.82, 2.24) is 14.8 Å². The Morgan fingerprint density at radius 2 is 2.40 bits per heavy atom. The van der Waals surface area contributed by atoms with Gasteiger partial charge in [-0.3, -0.25) is 0 Å². The van der Waals surface area contributed by atoms with E-state index >= 15 is 0 Å². The van der Waals surface area contributed by atoms with Crippen molar-refractivity contribution in [2.45, 2.75) is 38.8 Å². The van der Waals surface area contributed by atoms with E-state index in [2.05, 4.69) is 23.1 Å². The number of hydrogen-bond donors (Lipinski definition) is 0. The Bertz CT molecular complexity index is 291. The molecule has 0 aliphatic heterocycles. The predicted molar refractivity (Wildman–Crippen MR) is 54.8 cm³/mol. The monoisotopic (exact) mass is 208 g/mol. The van der Waals surface area contributed by atoms with Crippen molar-refractivity contribution in [1.29, 1.82) is 5.26 Å². The van der Waals surface area contributed by atoms with Gasteiger partial charge >= 0.3 is 0 Å². The molecule has 1 heterocycles. The number of nitrogens with zero attached hydrogens (tertiary/aromatic N) is 4. The Labute approximate surface area is 89.7 Å². The Balaban J connectivity index is 2.35. The van der Waals surface area contributed by atoms with E-state index in [-0.39, 0.29) is 6.23 Å². The summed E-state index contributed by atoms with van der Waals surface area (Å²) in [5.74, 6) is 0. The van der Waals surface area contributed by atoms with Gasteiger partial charge in [-0.2, -0.15) is 10.4 Å². The fraction of sp³-hybridized carbons (Fsp3) is 0.700. The summed E-state index contributed by atoms with van der Waals surface area (Å²) in [7, 11) is 0. The van der Waals surface area contributed by atoms with Crippen molar-refractivity contribution < 1.29 is 4.74 Å². The molecule has 1 aromatic heterocycles. The second-order valence-corrected chi connectivity index (χ2v) is 3.27. The number of hydrogen-bond acceptors (Lipinski definition) is 4. The summed E-state index contributed by atoms with van der Waals surface area (Å²) in [6.07, 6.45) is 6.35. The fourth-order valence-corrected chi connectivity index (χ4v) is 1.24. The first-order chi connectivity index (χ1) is 7.38. The first-order valence-electron chi connectivity index (χ1n) is 5.21. The largest absolute Gasteiger partial charge is 0.355 e. The third-order valence-corrected chi connectivity index (χ3v) is 2.06. The number of aromatic nitrogens is 3. The number of nitriles is 1. The molecule has 1 atom stereocenters. The maximum Gasteiger partial charge on any atom is 0.164 e. The van der Waals surface area contributed by atoms with Crippen molar-refractivity contribution in [2.75, 3.05) is 6.61 Å². The zero-order chi connectivity index (χ0) is 10.9. The van der Waals surface area contributed by atoms with Gasteiger partial charge < -0.3 is 4.74 Å². The van der Waals surface area contributed by atoms with E-state index in [4.69, 9.17) is 10.00 Å². The summed E-state index contributed by atoms with van der Waals surface area (Å²) in [5.41, 5.74) is 0. The van der Waals surface area contributed by atoms with Gasteiger partial charge in [0.2, 0.25) is 0 Å². The molecule has 0 amide bonds. The lowest BCUT2D eigenvalue weighted by Gasteiger charge is -2.14. The maximum atomic E-state index is 8.65. The lowest BCUT2D eigenvalue weighted by molar-refractivity contribution is -0.00461. The van der Waals surface area contributed by atoms with E-state index in [0.717, 1.165) is 19.3 Å². The summed E-state index contributed by atoms with van der Waals surface area (Å²) in [4.78, 5) is 3.83. The van der Waals surface area contributed by atoms with Crippen LogP contribution < -0.4 is 0 Å². The standard InChI is InChI=1S/C10H16N4O/c1-2-3-4-7-15-10(5-6-11)14-9-12-8-13-14/h8-10H,2-5,7H2,1H3. The molecule has 0 aliphatic carbocycles. The van der Waals surface area contributed by atoms with E-state index < -0.39 is 0 Å². The SMILES string of the molecule is CCCCCOC(CC#N)n1cncn1. The number of ether oxygens (including phenoxy) is 1. The zero-order valence-electron chi connectivity index (χ0n) is 8.96. The van der Waals surface area contributed by atoms with E-state index in [1.165, 1.54) is 6.33 Å². The molecule has 0 radical (unpaired) electrons. The molecule has 0 spiro atoms. The quantitative estimate of drug-likeness (QED) is 0.642. The predicted octanol–water partition coefficient (Wildman–Crippen LogP) is 1.90. The normalized spacial score (nSPS) is 12.3. The summed E-state index contributed by atoms with van der Waals surface area (Å²) in [5, 5.41) is 12.6. The molecule has 0 aliphatic rings. The maximum absolute atomic E-state index is 8.65. The summed E-state index contributed by atoms with van der Waals surface area (Å²) >= 11 is 0. The van der Waals surface area contributed by atoms with Gasteiger partial charge in [0.15, 0.2) is 6.23 Å². The van der Waals surface area contributed by atoms with E-state index in [1.54, 1.807) is 11.0 Å². The average molecular weight is 208 g/mol. The van der Waals surface area contributed by atoms with Crippen LogP contribution in [0.4, 0.5) is 0 Å². The second-order valence-electron chi connectivity index (χ2n) is 3.27. The highest BCUT2D eigenvalue weighted by Gasteiger charge is 2.10. The molecule has 0 bridgehead atoms. The number of rotatable bonds is 7. The highest BCUT2D eigenvalue weighted by Crippen LogP contribution is 2.11. The van der Waals surface area contributed by atoms with Crippen LogP contribution in [0.2, 0.25) is 0 Å². The van der Waals surface area contributed by atoms with Gasteiger partial charge in [0.25, 0.3) is 0 Å². The van der Waals surface area contributed by atoms with E-state index in [9.17, 15) is 0 Å². The number of unbranched alkanes of at least 4 members (excludes halogenated alkanes) is 2. The van der Waals surface area contributed by atoms with Gasteiger partial charge in [-0.05, 0) is 6.42 Å². The van der Waals surface area contributed by atoms with Crippen molar-refractivity contribution in [3.8, 4) is 6.07 Å². The highest BCUT2D eigenvalue weighted by molar-refractivity contribution is 4.75. The zero-order valence-corrected chi connectivity index (χ0v) is 8.96. The van der Waals surface area contributed by atoms with Crippen molar-refractivity contribution in [3.05, 3.63) is 12.7 Å². The van der Waals surface area contributed by atoms with Gasteiger partial charge in [-0.15, -0.1) is 0 Å². The molecule has 15 heavy (non-hydrogen) atoms. The molecule has 1 aromatic rings. The van der Waals surface area contributed by atoms with Crippen LogP contribution in [-0.4, -0.2) is 21.4 Å². The van der Waals surface area contributed by atoms with Crippen LogP contribution in [-0.2, 0) is 4.74 Å². The summed E-state index contributed by atoms with van der Waals surface area (Å²) < 4.78 is 7.15. The van der Waals surface area contributed by atoms with Crippen LogP contribution in [0.15, 0.2) is 12.7 Å². The van der Waals surface area contributed by atoms with E-state index in [0.29, 0.717) is 13.0 Å². The first-order valence-corrected chi connectivity index (χ1v) is 5.21. The molecular formula is C10H16N4O. The summed E-state index contributed by atoms with van der Waals surface area (Å²) in [6, 6.07) is 2.08. The van der Waals surface area contributed by atoms with Gasteiger partial charge in [0.1, 0.15) is 12.7 Å². The van der Waals surface area contributed by atoms with Crippen molar-refractivity contribution in [3.63, 3.8) is 0 Å². The summed E-state index contributed by atoms with van der Waals surface area (Å²) in [6.45, 7) is 2.81. The van der Waals surface area contributed by atoms with Crippen LogP contribution in [0.25, 0.3) is 0 Å². The van der Waals surface area contributed by atoms with E-state index in [1.807, 2.05) is 0 Å². The third kappa shape index (κ3) is 4.09. The Kier molecular flexibility index (Phi) is 5.41. The minimum atomic E-state index is -0.297. The van der Waals surface area contributed by atoms with Crippen LogP contribution in [0.1, 0.15) is 38.8 Å². The Hall–Kier alpha value is -1.41. The smallest absolute Gasteiger partial charge is 0.164 e. The lowest BCUT2D eigenvalue weighted by atomic mass is 10.3. The van der Waals surface area contributed by atoms with Gasteiger partial charge in [-0.25, -0.2) is 9.67 Å². The van der Waals surface area contributed by atoms with Gasteiger partial charge in [-0.1, -0.05) is 19.8 Å².